The highest BCUT2D eigenvalue weighted by molar-refractivity contribution is 5.54. The van der Waals surface area contributed by atoms with Crippen LogP contribution >= 0.6 is 0 Å². The summed E-state index contributed by atoms with van der Waals surface area (Å²) in [6.07, 6.45) is -0.124. The molecule has 1 aliphatic heterocycles. The summed E-state index contributed by atoms with van der Waals surface area (Å²) >= 11 is 0. The fourth-order valence-electron chi connectivity index (χ4n) is 3.29. The summed E-state index contributed by atoms with van der Waals surface area (Å²) < 4.78 is 21.4. The molecule has 1 saturated heterocycles. The van der Waals surface area contributed by atoms with Crippen molar-refractivity contribution in [1.29, 1.82) is 0 Å². The van der Waals surface area contributed by atoms with Gasteiger partial charge in [0.1, 0.15) is 11.6 Å². The molecule has 3 aromatic rings. The van der Waals surface area contributed by atoms with E-state index in [-0.39, 0.29) is 11.9 Å². The van der Waals surface area contributed by atoms with Gasteiger partial charge in [0, 0.05) is 25.7 Å². The van der Waals surface area contributed by atoms with E-state index in [0.29, 0.717) is 19.7 Å². The van der Waals surface area contributed by atoms with Gasteiger partial charge in [0.2, 0.25) is 0 Å². The average molecular weight is 352 g/mol. The number of halogens is 1. The molecule has 4 rings (SSSR count). The molecule has 0 unspecified atom stereocenters. The second-order valence-electron chi connectivity index (χ2n) is 6.51. The number of hydrogen-bond donors (Lipinski definition) is 0. The molecule has 1 atom stereocenters. The molecule has 6 heteroatoms. The number of hydrogen-bond acceptors (Lipinski definition) is 4. The zero-order chi connectivity index (χ0) is 17.9. The maximum Gasteiger partial charge on any atom is 0.163 e. The molecule has 134 valence electrons. The SMILES string of the molecule is Cn1c(CN2CCO[C@@H](c3cccc(F)c3)C2)nnc1-c1ccccc1. The van der Waals surface area contributed by atoms with Crippen molar-refractivity contribution in [2.75, 3.05) is 19.7 Å². The van der Waals surface area contributed by atoms with E-state index >= 15 is 0 Å². The quantitative estimate of drug-likeness (QED) is 0.723. The van der Waals surface area contributed by atoms with E-state index in [1.54, 1.807) is 12.1 Å². The molecule has 0 amide bonds. The molecule has 0 radical (unpaired) electrons. The van der Waals surface area contributed by atoms with Crippen molar-refractivity contribution in [3.8, 4) is 11.4 Å². The Balaban J connectivity index is 1.48. The Bertz CT molecular complexity index is 881. The minimum Gasteiger partial charge on any atom is -0.371 e. The Kier molecular flexibility index (Phi) is 4.77. The zero-order valence-corrected chi connectivity index (χ0v) is 14.7. The molecule has 1 aromatic heterocycles. The first-order valence-electron chi connectivity index (χ1n) is 8.74. The summed E-state index contributed by atoms with van der Waals surface area (Å²) in [5.41, 5.74) is 1.92. The van der Waals surface area contributed by atoms with Crippen LogP contribution in [-0.4, -0.2) is 39.4 Å². The fourth-order valence-corrected chi connectivity index (χ4v) is 3.29. The van der Waals surface area contributed by atoms with E-state index in [9.17, 15) is 4.39 Å². The van der Waals surface area contributed by atoms with Crippen LogP contribution in [0, 0.1) is 5.82 Å². The monoisotopic (exact) mass is 352 g/mol. The number of ether oxygens (including phenoxy) is 1. The molecule has 26 heavy (non-hydrogen) atoms. The minimum absolute atomic E-state index is 0.124. The third-order valence-corrected chi connectivity index (χ3v) is 4.73. The Morgan fingerprint density at radius 1 is 1.12 bits per heavy atom. The summed E-state index contributed by atoms with van der Waals surface area (Å²) in [6.45, 7) is 2.83. The van der Waals surface area contributed by atoms with Gasteiger partial charge in [0.25, 0.3) is 0 Å². The summed E-state index contributed by atoms with van der Waals surface area (Å²) in [7, 11) is 1.99. The lowest BCUT2D eigenvalue weighted by molar-refractivity contribution is -0.0340. The zero-order valence-electron chi connectivity index (χ0n) is 14.7. The molecule has 2 aromatic carbocycles. The van der Waals surface area contributed by atoms with Crippen LogP contribution in [0.4, 0.5) is 4.39 Å². The third kappa shape index (κ3) is 3.52. The molecular formula is C20H21FN4O. The van der Waals surface area contributed by atoms with Crippen LogP contribution in [-0.2, 0) is 18.3 Å². The molecule has 0 bridgehead atoms. The van der Waals surface area contributed by atoms with E-state index in [1.807, 2.05) is 48.0 Å². The van der Waals surface area contributed by atoms with E-state index in [2.05, 4.69) is 15.1 Å². The summed E-state index contributed by atoms with van der Waals surface area (Å²) in [6, 6.07) is 16.7. The highest BCUT2D eigenvalue weighted by Crippen LogP contribution is 2.24. The highest BCUT2D eigenvalue weighted by atomic mass is 19.1. The van der Waals surface area contributed by atoms with Crippen molar-refractivity contribution in [3.63, 3.8) is 0 Å². The smallest absolute Gasteiger partial charge is 0.163 e. The first-order chi connectivity index (χ1) is 12.7. The predicted molar refractivity (Wildman–Crippen MR) is 96.8 cm³/mol. The van der Waals surface area contributed by atoms with Gasteiger partial charge in [0.15, 0.2) is 5.82 Å². The van der Waals surface area contributed by atoms with Gasteiger partial charge in [-0.25, -0.2) is 4.39 Å². The average Bonchev–Trinajstić information content (AvgIpc) is 3.03. The topological polar surface area (TPSA) is 43.2 Å². The van der Waals surface area contributed by atoms with Gasteiger partial charge in [-0.05, 0) is 17.7 Å². The third-order valence-electron chi connectivity index (χ3n) is 4.73. The van der Waals surface area contributed by atoms with Gasteiger partial charge in [-0.3, -0.25) is 4.90 Å². The van der Waals surface area contributed by atoms with E-state index in [1.165, 1.54) is 6.07 Å². The number of benzene rings is 2. The number of aromatic nitrogens is 3. The fraction of sp³-hybridized carbons (Fsp3) is 0.300. The number of nitrogens with zero attached hydrogens (tertiary/aromatic N) is 4. The van der Waals surface area contributed by atoms with Gasteiger partial charge >= 0.3 is 0 Å². The van der Waals surface area contributed by atoms with Crippen LogP contribution < -0.4 is 0 Å². The molecule has 2 heterocycles. The molecule has 5 nitrogen and oxygen atoms in total. The van der Waals surface area contributed by atoms with E-state index in [4.69, 9.17) is 4.74 Å². The summed E-state index contributed by atoms with van der Waals surface area (Å²) in [5.74, 6) is 1.53. The Morgan fingerprint density at radius 3 is 2.77 bits per heavy atom. The first-order valence-corrected chi connectivity index (χ1v) is 8.74. The molecule has 1 fully saturated rings. The maximum atomic E-state index is 13.5. The largest absolute Gasteiger partial charge is 0.371 e. The predicted octanol–water partition coefficient (Wildman–Crippen LogP) is 3.19. The molecule has 0 spiro atoms. The van der Waals surface area contributed by atoms with Crippen LogP contribution in [0.1, 0.15) is 17.5 Å². The normalized spacial score (nSPS) is 18.2. The van der Waals surface area contributed by atoms with Crippen molar-refractivity contribution in [2.24, 2.45) is 7.05 Å². The van der Waals surface area contributed by atoms with Gasteiger partial charge < -0.3 is 9.30 Å². The van der Waals surface area contributed by atoms with Crippen LogP contribution in [0.15, 0.2) is 54.6 Å². The standard InChI is InChI=1S/C20H21FN4O/c1-24-19(22-23-20(24)15-6-3-2-4-7-15)14-25-10-11-26-18(13-25)16-8-5-9-17(21)12-16/h2-9,12,18H,10-11,13-14H2,1H3/t18-/m1/s1. The second kappa shape index (κ2) is 7.35. The minimum atomic E-state index is -0.232. The Hall–Kier alpha value is -2.57. The van der Waals surface area contributed by atoms with Crippen LogP contribution in [0.2, 0.25) is 0 Å². The van der Waals surface area contributed by atoms with E-state index in [0.717, 1.165) is 29.3 Å². The highest BCUT2D eigenvalue weighted by Gasteiger charge is 2.24. The lowest BCUT2D eigenvalue weighted by Gasteiger charge is -2.32. The molecular weight excluding hydrogens is 331 g/mol. The van der Waals surface area contributed by atoms with Crippen molar-refractivity contribution in [1.82, 2.24) is 19.7 Å². The second-order valence-corrected chi connectivity index (χ2v) is 6.51. The molecule has 1 aliphatic rings. The molecule has 0 saturated carbocycles. The lowest BCUT2D eigenvalue weighted by atomic mass is 10.1. The van der Waals surface area contributed by atoms with Crippen molar-refractivity contribution < 1.29 is 9.13 Å². The van der Waals surface area contributed by atoms with Gasteiger partial charge in [0.05, 0.1) is 19.3 Å². The summed E-state index contributed by atoms with van der Waals surface area (Å²) in [5, 5.41) is 8.71. The van der Waals surface area contributed by atoms with Crippen LogP contribution in [0.3, 0.4) is 0 Å². The Labute approximate surface area is 152 Å². The molecule has 0 aliphatic carbocycles. The number of rotatable bonds is 4. The Morgan fingerprint density at radius 2 is 1.96 bits per heavy atom. The van der Waals surface area contributed by atoms with Gasteiger partial charge in [-0.2, -0.15) is 0 Å². The van der Waals surface area contributed by atoms with E-state index < -0.39 is 0 Å². The first kappa shape index (κ1) is 16.9. The lowest BCUT2D eigenvalue weighted by Crippen LogP contribution is -2.38. The van der Waals surface area contributed by atoms with Crippen molar-refractivity contribution >= 4 is 0 Å². The maximum absolute atomic E-state index is 13.5. The number of morpholine rings is 1. The van der Waals surface area contributed by atoms with Crippen molar-refractivity contribution in [3.05, 3.63) is 71.8 Å². The van der Waals surface area contributed by atoms with Crippen LogP contribution in [0.25, 0.3) is 11.4 Å². The molecule has 0 N–H and O–H groups in total. The van der Waals surface area contributed by atoms with Crippen molar-refractivity contribution in [2.45, 2.75) is 12.6 Å². The van der Waals surface area contributed by atoms with Crippen LogP contribution in [0.5, 0.6) is 0 Å². The van der Waals surface area contributed by atoms with Gasteiger partial charge in [-0.15, -0.1) is 10.2 Å². The van der Waals surface area contributed by atoms with Gasteiger partial charge in [-0.1, -0.05) is 42.5 Å². The summed E-state index contributed by atoms with van der Waals surface area (Å²) in [4.78, 5) is 2.28.